The maximum atomic E-state index is 6.24. The Morgan fingerprint density at radius 1 is 0.480 bits per heavy atom. The molecule has 4 heteroatoms. The van der Waals surface area contributed by atoms with Crippen LogP contribution in [0.1, 0.15) is 86.5 Å². The second kappa shape index (κ2) is 10.6. The van der Waals surface area contributed by atoms with E-state index in [0.29, 0.717) is 10.1 Å². The maximum absolute atomic E-state index is 6.24. The van der Waals surface area contributed by atoms with Crippen LogP contribution in [0.3, 0.4) is 0 Å². The normalized spacial score (nSPS) is 14.2. The molecule has 2 nitrogen and oxygen atoms in total. The van der Waals surface area contributed by atoms with E-state index in [1.807, 2.05) is 0 Å². The molecular weight excluding hydrogens is 340 g/mol. The molecule has 0 unspecified atom stereocenters. The van der Waals surface area contributed by atoms with Crippen LogP contribution in [-0.4, -0.2) is 29.8 Å². The lowest BCUT2D eigenvalue weighted by Gasteiger charge is -2.36. The molecule has 0 aliphatic rings. The van der Waals surface area contributed by atoms with Crippen LogP contribution in [0.5, 0.6) is 0 Å². The largest absolute Gasteiger partial charge is 0.417 e. The van der Waals surface area contributed by atoms with Crippen molar-refractivity contribution < 1.29 is 8.85 Å². The van der Waals surface area contributed by atoms with Gasteiger partial charge >= 0.3 is 0 Å². The van der Waals surface area contributed by atoms with Crippen molar-refractivity contribution in [3.63, 3.8) is 0 Å². The fourth-order valence-corrected chi connectivity index (χ4v) is 4.35. The Morgan fingerprint density at radius 3 is 0.960 bits per heavy atom. The maximum Gasteiger partial charge on any atom is 0.191 e. The van der Waals surface area contributed by atoms with Crippen LogP contribution in [0.15, 0.2) is 0 Å². The van der Waals surface area contributed by atoms with Crippen LogP contribution in [0.25, 0.3) is 0 Å². The summed E-state index contributed by atoms with van der Waals surface area (Å²) in [4.78, 5) is 0. The predicted molar refractivity (Wildman–Crippen MR) is 119 cm³/mol. The van der Waals surface area contributed by atoms with Gasteiger partial charge in [0.05, 0.1) is 0 Å². The zero-order valence-corrected chi connectivity index (χ0v) is 21.2. The molecule has 0 aromatic rings. The van der Waals surface area contributed by atoms with Crippen LogP contribution < -0.4 is 0 Å². The molecule has 0 amide bonds. The molecule has 0 spiro atoms. The Bertz CT molecular complexity index is 318. The SMILES string of the molecule is CC(C)(C)[Si](C)(C)OCCCCCCCCCO[Si](C)(C)C(C)(C)C. The first-order valence-corrected chi connectivity index (χ1v) is 16.3. The zero-order chi connectivity index (χ0) is 19.8. The Labute approximate surface area is 161 Å². The van der Waals surface area contributed by atoms with Crippen molar-refractivity contribution in [1.29, 1.82) is 0 Å². The molecular formula is C21H48O2Si2. The summed E-state index contributed by atoms with van der Waals surface area (Å²) >= 11 is 0. The van der Waals surface area contributed by atoms with Gasteiger partial charge in [0.1, 0.15) is 0 Å². The smallest absolute Gasteiger partial charge is 0.191 e. The van der Waals surface area contributed by atoms with Crippen molar-refractivity contribution >= 4 is 16.6 Å². The molecule has 0 N–H and O–H groups in total. The summed E-state index contributed by atoms with van der Waals surface area (Å²) in [5, 5.41) is 0.666. The van der Waals surface area contributed by atoms with Gasteiger partial charge in [-0.3, -0.25) is 0 Å². The van der Waals surface area contributed by atoms with E-state index in [2.05, 4.69) is 67.7 Å². The van der Waals surface area contributed by atoms with E-state index in [9.17, 15) is 0 Å². The van der Waals surface area contributed by atoms with E-state index >= 15 is 0 Å². The third-order valence-corrected chi connectivity index (χ3v) is 15.4. The van der Waals surface area contributed by atoms with Crippen LogP contribution in [0, 0.1) is 0 Å². The Hall–Kier alpha value is 0.354. The van der Waals surface area contributed by atoms with Gasteiger partial charge in [0, 0.05) is 13.2 Å². The third-order valence-electron chi connectivity index (χ3n) is 6.33. The second-order valence-corrected chi connectivity index (χ2v) is 20.3. The van der Waals surface area contributed by atoms with Crippen molar-refractivity contribution in [2.45, 2.75) is 123 Å². The highest BCUT2D eigenvalue weighted by atomic mass is 28.4. The predicted octanol–water partition coefficient (Wildman–Crippen LogP) is 7.76. The van der Waals surface area contributed by atoms with Crippen molar-refractivity contribution in [2.75, 3.05) is 13.2 Å². The van der Waals surface area contributed by atoms with Crippen molar-refractivity contribution in [3.8, 4) is 0 Å². The molecule has 0 aromatic carbocycles. The van der Waals surface area contributed by atoms with E-state index in [-0.39, 0.29) is 0 Å². The molecule has 0 rings (SSSR count). The standard InChI is InChI=1S/C21H48O2Si2/c1-20(2,3)24(7,8)22-18-16-14-12-11-13-15-17-19-23-25(9,10)21(4,5)6/h11-19H2,1-10H3. The molecule has 0 atom stereocenters. The number of unbranched alkanes of at least 4 members (excludes halogenated alkanes) is 6. The van der Waals surface area contributed by atoms with Gasteiger partial charge in [0.15, 0.2) is 16.6 Å². The molecule has 0 bridgehead atoms. The summed E-state index contributed by atoms with van der Waals surface area (Å²) in [5.74, 6) is 0. The Kier molecular flexibility index (Phi) is 10.8. The highest BCUT2D eigenvalue weighted by Crippen LogP contribution is 2.37. The highest BCUT2D eigenvalue weighted by Gasteiger charge is 2.37. The molecule has 25 heavy (non-hydrogen) atoms. The summed E-state index contributed by atoms with van der Waals surface area (Å²) in [7, 11) is -3.07. The van der Waals surface area contributed by atoms with Gasteiger partial charge in [-0.05, 0) is 49.1 Å². The fourth-order valence-electron chi connectivity index (χ4n) is 2.18. The first-order chi connectivity index (χ1) is 11.2. The van der Waals surface area contributed by atoms with Gasteiger partial charge in [-0.15, -0.1) is 0 Å². The molecule has 152 valence electrons. The van der Waals surface area contributed by atoms with Crippen molar-refractivity contribution in [3.05, 3.63) is 0 Å². The van der Waals surface area contributed by atoms with Gasteiger partial charge in [-0.2, -0.15) is 0 Å². The van der Waals surface area contributed by atoms with E-state index < -0.39 is 16.6 Å². The van der Waals surface area contributed by atoms with Gasteiger partial charge in [-0.1, -0.05) is 73.6 Å². The van der Waals surface area contributed by atoms with Crippen LogP contribution >= 0.6 is 0 Å². The van der Waals surface area contributed by atoms with Crippen LogP contribution in [0.2, 0.25) is 36.3 Å². The Balaban J connectivity index is 3.55. The molecule has 0 aromatic heterocycles. The molecule has 0 saturated carbocycles. The van der Waals surface area contributed by atoms with Crippen LogP contribution in [-0.2, 0) is 8.85 Å². The van der Waals surface area contributed by atoms with Gasteiger partial charge in [0.2, 0.25) is 0 Å². The van der Waals surface area contributed by atoms with Crippen molar-refractivity contribution in [1.82, 2.24) is 0 Å². The van der Waals surface area contributed by atoms with E-state index in [1.165, 1.54) is 44.9 Å². The summed E-state index contributed by atoms with van der Waals surface area (Å²) in [6.07, 6.45) is 9.14. The number of hydrogen-bond donors (Lipinski definition) is 0. The lowest BCUT2D eigenvalue weighted by atomic mass is 10.1. The topological polar surface area (TPSA) is 18.5 Å². The monoisotopic (exact) mass is 388 g/mol. The molecule has 0 aliphatic carbocycles. The van der Waals surface area contributed by atoms with Gasteiger partial charge in [0.25, 0.3) is 0 Å². The minimum absolute atomic E-state index is 0.333. The lowest BCUT2D eigenvalue weighted by molar-refractivity contribution is 0.273. The minimum Gasteiger partial charge on any atom is -0.417 e. The molecule has 0 fully saturated rings. The van der Waals surface area contributed by atoms with Gasteiger partial charge < -0.3 is 8.85 Å². The van der Waals surface area contributed by atoms with Crippen molar-refractivity contribution in [2.24, 2.45) is 0 Å². The average Bonchev–Trinajstić information content (AvgIpc) is 2.42. The van der Waals surface area contributed by atoms with Crippen LogP contribution in [0.4, 0.5) is 0 Å². The molecule has 0 heterocycles. The second-order valence-electron chi connectivity index (χ2n) is 10.7. The fraction of sp³-hybridized carbons (Fsp3) is 1.00. The molecule has 0 aliphatic heterocycles. The summed E-state index contributed by atoms with van der Waals surface area (Å²) in [5.41, 5.74) is 0. The average molecular weight is 389 g/mol. The highest BCUT2D eigenvalue weighted by molar-refractivity contribution is 6.74. The van der Waals surface area contributed by atoms with E-state index in [1.54, 1.807) is 0 Å². The number of hydrogen-bond acceptors (Lipinski definition) is 2. The van der Waals surface area contributed by atoms with Gasteiger partial charge in [-0.25, -0.2) is 0 Å². The summed E-state index contributed by atoms with van der Waals surface area (Å²) in [6, 6.07) is 0. The zero-order valence-electron chi connectivity index (χ0n) is 19.2. The molecule has 0 radical (unpaired) electrons. The molecule has 0 saturated heterocycles. The summed E-state index contributed by atoms with van der Waals surface area (Å²) < 4.78 is 12.5. The first kappa shape index (κ1) is 25.4. The van der Waals surface area contributed by atoms with E-state index in [0.717, 1.165) is 13.2 Å². The quantitative estimate of drug-likeness (QED) is 0.251. The summed E-state index contributed by atoms with van der Waals surface area (Å²) in [6.45, 7) is 25.2. The third kappa shape index (κ3) is 10.3. The minimum atomic E-state index is -1.53. The number of rotatable bonds is 12. The Morgan fingerprint density at radius 2 is 0.720 bits per heavy atom. The lowest BCUT2D eigenvalue weighted by Crippen LogP contribution is -2.40. The first-order valence-electron chi connectivity index (χ1n) is 10.5. The van der Waals surface area contributed by atoms with E-state index in [4.69, 9.17) is 8.85 Å².